The molecule has 0 amide bonds. The quantitative estimate of drug-likeness (QED) is 0.526. The molecular formula is C11H17N. The summed E-state index contributed by atoms with van der Waals surface area (Å²) in [4.78, 5) is 4.37. The van der Waals surface area contributed by atoms with Crippen molar-refractivity contribution in [2.24, 2.45) is 16.3 Å². The average Bonchev–Trinajstić information content (AvgIpc) is 2.08. The van der Waals surface area contributed by atoms with Crippen molar-refractivity contribution in [3.8, 4) is 0 Å². The van der Waals surface area contributed by atoms with Crippen LogP contribution in [-0.2, 0) is 0 Å². The van der Waals surface area contributed by atoms with E-state index in [9.17, 15) is 0 Å². The van der Waals surface area contributed by atoms with Crippen molar-refractivity contribution in [3.63, 3.8) is 0 Å². The van der Waals surface area contributed by atoms with Crippen LogP contribution in [0.3, 0.4) is 0 Å². The zero-order chi connectivity index (χ0) is 9.35. The molecule has 0 saturated carbocycles. The molecule has 1 aliphatic heterocycles. The lowest BCUT2D eigenvalue weighted by Gasteiger charge is -2.35. The van der Waals surface area contributed by atoms with Crippen LogP contribution in [0.4, 0.5) is 0 Å². The number of aliphatic imine (C=N–C) groups is 1. The average molecular weight is 163 g/mol. The van der Waals surface area contributed by atoms with Crippen molar-refractivity contribution in [1.29, 1.82) is 0 Å². The van der Waals surface area contributed by atoms with E-state index in [-0.39, 0.29) is 5.41 Å². The van der Waals surface area contributed by atoms with Gasteiger partial charge in [0.2, 0.25) is 0 Å². The van der Waals surface area contributed by atoms with E-state index in [0.717, 1.165) is 5.71 Å². The SMILES string of the molecule is C=CC1(C)C(C)=NC=C(C)C1C. The molecule has 0 aromatic heterocycles. The largest absolute Gasteiger partial charge is 0.265 e. The minimum Gasteiger partial charge on any atom is -0.265 e. The second-order valence-electron chi connectivity index (χ2n) is 3.80. The Labute approximate surface area is 74.9 Å². The fourth-order valence-corrected chi connectivity index (χ4v) is 1.56. The lowest BCUT2D eigenvalue weighted by molar-refractivity contribution is 0.428. The summed E-state index contributed by atoms with van der Waals surface area (Å²) in [5, 5.41) is 0. The molecule has 0 aliphatic carbocycles. The van der Waals surface area contributed by atoms with E-state index in [0.29, 0.717) is 5.92 Å². The number of allylic oxidation sites excluding steroid dienone is 2. The fraction of sp³-hybridized carbons (Fsp3) is 0.545. The van der Waals surface area contributed by atoms with Gasteiger partial charge >= 0.3 is 0 Å². The van der Waals surface area contributed by atoms with Crippen LogP contribution in [0.5, 0.6) is 0 Å². The zero-order valence-corrected chi connectivity index (χ0v) is 8.39. The van der Waals surface area contributed by atoms with E-state index in [1.165, 1.54) is 5.57 Å². The van der Waals surface area contributed by atoms with Gasteiger partial charge in [0.1, 0.15) is 0 Å². The minimum atomic E-state index is 0.0544. The van der Waals surface area contributed by atoms with Gasteiger partial charge in [-0.1, -0.05) is 25.5 Å². The van der Waals surface area contributed by atoms with Crippen molar-refractivity contribution >= 4 is 5.71 Å². The third-order valence-corrected chi connectivity index (χ3v) is 3.25. The number of rotatable bonds is 1. The highest BCUT2D eigenvalue weighted by Crippen LogP contribution is 2.37. The molecule has 0 spiro atoms. The molecule has 0 aromatic rings. The van der Waals surface area contributed by atoms with E-state index >= 15 is 0 Å². The van der Waals surface area contributed by atoms with Gasteiger partial charge in [0.15, 0.2) is 0 Å². The summed E-state index contributed by atoms with van der Waals surface area (Å²) in [6.45, 7) is 12.5. The highest BCUT2D eigenvalue weighted by atomic mass is 14.8. The first-order chi connectivity index (χ1) is 5.52. The Bertz CT molecular complexity index is 260. The predicted molar refractivity (Wildman–Crippen MR) is 54.3 cm³/mol. The van der Waals surface area contributed by atoms with Crippen molar-refractivity contribution in [3.05, 3.63) is 24.4 Å². The van der Waals surface area contributed by atoms with Gasteiger partial charge in [-0.15, -0.1) is 6.58 Å². The molecule has 0 N–H and O–H groups in total. The summed E-state index contributed by atoms with van der Waals surface area (Å²) in [7, 11) is 0. The normalized spacial score (nSPS) is 35.5. The summed E-state index contributed by atoms with van der Waals surface area (Å²) < 4.78 is 0. The lowest BCUT2D eigenvalue weighted by Crippen LogP contribution is -2.33. The molecule has 0 radical (unpaired) electrons. The molecule has 0 aromatic carbocycles. The van der Waals surface area contributed by atoms with Gasteiger partial charge in [-0.25, -0.2) is 0 Å². The molecule has 1 nitrogen and oxygen atoms in total. The van der Waals surface area contributed by atoms with Crippen molar-refractivity contribution in [2.75, 3.05) is 0 Å². The number of hydrogen-bond acceptors (Lipinski definition) is 1. The zero-order valence-electron chi connectivity index (χ0n) is 8.39. The van der Waals surface area contributed by atoms with Gasteiger partial charge in [-0.05, 0) is 19.8 Å². The Morgan fingerprint density at radius 2 is 2.17 bits per heavy atom. The van der Waals surface area contributed by atoms with Crippen molar-refractivity contribution in [1.82, 2.24) is 0 Å². The Hall–Kier alpha value is -0.850. The van der Waals surface area contributed by atoms with E-state index < -0.39 is 0 Å². The maximum atomic E-state index is 4.37. The first-order valence-electron chi connectivity index (χ1n) is 4.37. The Balaban J connectivity index is 3.13. The van der Waals surface area contributed by atoms with E-state index in [2.05, 4.69) is 39.3 Å². The third-order valence-electron chi connectivity index (χ3n) is 3.25. The number of nitrogens with zero attached hydrogens (tertiary/aromatic N) is 1. The van der Waals surface area contributed by atoms with Crippen LogP contribution in [0.25, 0.3) is 0 Å². The smallest absolute Gasteiger partial charge is 0.0295 e. The van der Waals surface area contributed by atoms with E-state index in [4.69, 9.17) is 0 Å². The summed E-state index contributed by atoms with van der Waals surface area (Å²) in [5.74, 6) is 0.521. The molecule has 1 aliphatic rings. The van der Waals surface area contributed by atoms with Crippen LogP contribution >= 0.6 is 0 Å². The predicted octanol–water partition coefficient (Wildman–Crippen LogP) is 3.19. The molecule has 0 bridgehead atoms. The van der Waals surface area contributed by atoms with Gasteiger partial charge in [0.25, 0.3) is 0 Å². The molecule has 2 atom stereocenters. The molecule has 2 unspecified atom stereocenters. The van der Waals surface area contributed by atoms with Crippen LogP contribution in [-0.4, -0.2) is 5.71 Å². The van der Waals surface area contributed by atoms with Gasteiger partial charge in [0.05, 0.1) is 0 Å². The molecule has 0 saturated heterocycles. The van der Waals surface area contributed by atoms with Gasteiger partial charge in [0, 0.05) is 17.3 Å². The summed E-state index contributed by atoms with van der Waals surface area (Å²) in [5.41, 5.74) is 2.55. The second-order valence-corrected chi connectivity index (χ2v) is 3.80. The van der Waals surface area contributed by atoms with Crippen LogP contribution in [0.1, 0.15) is 27.7 Å². The Morgan fingerprint density at radius 1 is 1.58 bits per heavy atom. The second kappa shape index (κ2) is 2.89. The molecule has 1 heterocycles. The fourth-order valence-electron chi connectivity index (χ4n) is 1.56. The highest BCUT2D eigenvalue weighted by molar-refractivity contribution is 5.91. The minimum absolute atomic E-state index is 0.0544. The summed E-state index contributed by atoms with van der Waals surface area (Å²) in [6, 6.07) is 0. The van der Waals surface area contributed by atoms with Crippen LogP contribution in [0.2, 0.25) is 0 Å². The van der Waals surface area contributed by atoms with E-state index in [1.54, 1.807) is 0 Å². The van der Waals surface area contributed by atoms with Crippen LogP contribution in [0, 0.1) is 11.3 Å². The topological polar surface area (TPSA) is 12.4 Å². The lowest BCUT2D eigenvalue weighted by atomic mass is 9.70. The van der Waals surface area contributed by atoms with Crippen LogP contribution in [0.15, 0.2) is 29.4 Å². The molecular weight excluding hydrogens is 146 g/mol. The molecule has 66 valence electrons. The highest BCUT2D eigenvalue weighted by Gasteiger charge is 2.33. The molecule has 0 fully saturated rings. The monoisotopic (exact) mass is 163 g/mol. The maximum absolute atomic E-state index is 4.37. The van der Waals surface area contributed by atoms with E-state index in [1.807, 2.05) is 12.3 Å². The molecule has 1 heteroatoms. The Kier molecular flexibility index (Phi) is 2.22. The van der Waals surface area contributed by atoms with Gasteiger partial charge in [-0.2, -0.15) is 0 Å². The standard InChI is InChI=1S/C11H17N/c1-6-11(5)9(3)8(2)7-12-10(11)4/h6-7,9H,1H2,2-5H3. The van der Waals surface area contributed by atoms with Gasteiger partial charge in [-0.3, -0.25) is 4.99 Å². The number of hydrogen-bond donors (Lipinski definition) is 0. The first kappa shape index (κ1) is 9.24. The molecule has 12 heavy (non-hydrogen) atoms. The van der Waals surface area contributed by atoms with Crippen LogP contribution < -0.4 is 0 Å². The summed E-state index contributed by atoms with van der Waals surface area (Å²) >= 11 is 0. The third kappa shape index (κ3) is 1.13. The molecule has 1 rings (SSSR count). The Morgan fingerprint density at radius 3 is 2.58 bits per heavy atom. The van der Waals surface area contributed by atoms with Crippen molar-refractivity contribution < 1.29 is 0 Å². The van der Waals surface area contributed by atoms with Gasteiger partial charge < -0.3 is 0 Å². The first-order valence-corrected chi connectivity index (χ1v) is 4.37. The maximum Gasteiger partial charge on any atom is 0.0295 e. The van der Waals surface area contributed by atoms with Crippen molar-refractivity contribution in [2.45, 2.75) is 27.7 Å². The summed E-state index contributed by atoms with van der Waals surface area (Å²) in [6.07, 6.45) is 3.97.